The monoisotopic (exact) mass is 283 g/mol. The van der Waals surface area contributed by atoms with Crippen molar-refractivity contribution in [3.8, 4) is 0 Å². The Morgan fingerprint density at radius 3 is 2.00 bits per heavy atom. The van der Waals surface area contributed by atoms with Crippen LogP contribution in [0, 0.1) is 23.4 Å². The zero-order valence-corrected chi connectivity index (χ0v) is 9.70. The largest absolute Gasteiger partial charge is 0.393 e. The predicted octanol–water partition coefficient (Wildman–Crippen LogP) is 3.71. The molecule has 0 saturated carbocycles. The number of hydrogen-bond acceptors (Lipinski definition) is 1. The molecular weight excluding hydrogens is 272 g/mol. The fraction of sp³-hybridized carbons (Fsp3) is 0.500. The highest BCUT2D eigenvalue weighted by Crippen LogP contribution is 2.35. The highest BCUT2D eigenvalue weighted by molar-refractivity contribution is 5.23. The summed E-state index contributed by atoms with van der Waals surface area (Å²) in [7, 11) is 0. The second-order valence-corrected chi connectivity index (χ2v) is 4.58. The van der Waals surface area contributed by atoms with Gasteiger partial charge in [0.25, 0.3) is 0 Å². The van der Waals surface area contributed by atoms with Crippen molar-refractivity contribution in [2.75, 3.05) is 6.54 Å². The molecule has 0 amide bonds. The van der Waals surface area contributed by atoms with E-state index < -0.39 is 35.6 Å². The molecule has 1 aliphatic rings. The number of halogens is 6. The lowest BCUT2D eigenvalue weighted by atomic mass is 9.90. The van der Waals surface area contributed by atoms with E-state index in [-0.39, 0.29) is 24.9 Å². The zero-order valence-electron chi connectivity index (χ0n) is 9.70. The second kappa shape index (κ2) is 5.03. The van der Waals surface area contributed by atoms with Crippen molar-refractivity contribution in [3.63, 3.8) is 0 Å². The molecule has 1 aliphatic heterocycles. The van der Waals surface area contributed by atoms with Crippen molar-refractivity contribution in [2.24, 2.45) is 5.92 Å². The van der Waals surface area contributed by atoms with Crippen LogP contribution < -0.4 is 5.32 Å². The van der Waals surface area contributed by atoms with Crippen LogP contribution in [0.4, 0.5) is 26.3 Å². The van der Waals surface area contributed by atoms with Crippen LogP contribution in [-0.4, -0.2) is 12.7 Å². The topological polar surface area (TPSA) is 12.0 Å². The van der Waals surface area contributed by atoms with E-state index in [0.717, 1.165) is 12.1 Å². The molecule has 1 saturated heterocycles. The standard InChI is InChI=1S/C12H11F6N/c13-8-3-6(4-9(14)11(8)15)10-2-1-7(5-19-10)12(16,17)18/h3-4,7,10,19H,1-2,5H2. The van der Waals surface area contributed by atoms with E-state index >= 15 is 0 Å². The Kier molecular flexibility index (Phi) is 3.75. The predicted molar refractivity (Wildman–Crippen MR) is 55.8 cm³/mol. The van der Waals surface area contributed by atoms with E-state index in [4.69, 9.17) is 0 Å². The molecular formula is C12H11F6N. The van der Waals surface area contributed by atoms with Crippen LogP contribution in [0.5, 0.6) is 0 Å². The summed E-state index contributed by atoms with van der Waals surface area (Å²) in [6.45, 7) is -0.311. The minimum Gasteiger partial charge on any atom is -0.309 e. The third-order valence-corrected chi connectivity index (χ3v) is 3.29. The number of alkyl halides is 3. The highest BCUT2D eigenvalue weighted by Gasteiger charge is 2.41. The van der Waals surface area contributed by atoms with Gasteiger partial charge in [-0.15, -0.1) is 0 Å². The number of hydrogen-bond donors (Lipinski definition) is 1. The number of piperidine rings is 1. The van der Waals surface area contributed by atoms with Gasteiger partial charge in [0.05, 0.1) is 5.92 Å². The number of nitrogens with one attached hydrogen (secondary N) is 1. The van der Waals surface area contributed by atoms with Crippen molar-refractivity contribution in [1.82, 2.24) is 5.32 Å². The number of benzene rings is 1. The van der Waals surface area contributed by atoms with E-state index in [0.29, 0.717) is 0 Å². The summed E-state index contributed by atoms with van der Waals surface area (Å²) in [4.78, 5) is 0. The molecule has 0 aromatic heterocycles. The summed E-state index contributed by atoms with van der Waals surface area (Å²) in [5.41, 5.74) is 0.122. The van der Waals surface area contributed by atoms with Gasteiger partial charge in [0.1, 0.15) is 0 Å². The molecule has 0 bridgehead atoms. The fourth-order valence-corrected chi connectivity index (χ4v) is 2.20. The van der Waals surface area contributed by atoms with E-state index in [1.54, 1.807) is 0 Å². The van der Waals surface area contributed by atoms with Crippen molar-refractivity contribution in [3.05, 3.63) is 35.1 Å². The van der Waals surface area contributed by atoms with Gasteiger partial charge >= 0.3 is 6.18 Å². The van der Waals surface area contributed by atoms with Gasteiger partial charge in [-0.05, 0) is 30.5 Å². The van der Waals surface area contributed by atoms with Crippen molar-refractivity contribution in [2.45, 2.75) is 25.1 Å². The van der Waals surface area contributed by atoms with Crippen LogP contribution in [-0.2, 0) is 0 Å². The molecule has 0 radical (unpaired) electrons. The molecule has 1 N–H and O–H groups in total. The molecule has 0 aliphatic carbocycles. The first-order valence-electron chi connectivity index (χ1n) is 5.73. The highest BCUT2D eigenvalue weighted by atomic mass is 19.4. The Bertz CT molecular complexity index is 439. The van der Waals surface area contributed by atoms with E-state index in [9.17, 15) is 26.3 Å². The lowest BCUT2D eigenvalue weighted by Gasteiger charge is -2.31. The van der Waals surface area contributed by atoms with Gasteiger partial charge in [0.15, 0.2) is 17.5 Å². The molecule has 1 aromatic rings. The molecule has 2 rings (SSSR count). The van der Waals surface area contributed by atoms with E-state index in [2.05, 4.69) is 5.32 Å². The molecule has 0 spiro atoms. The maximum Gasteiger partial charge on any atom is 0.393 e. The molecule has 19 heavy (non-hydrogen) atoms. The Balaban J connectivity index is 2.10. The summed E-state index contributed by atoms with van der Waals surface area (Å²) in [6, 6.07) is 1.02. The Morgan fingerprint density at radius 1 is 1.00 bits per heavy atom. The van der Waals surface area contributed by atoms with E-state index in [1.807, 2.05) is 0 Å². The molecule has 1 fully saturated rings. The molecule has 2 atom stereocenters. The van der Waals surface area contributed by atoms with Crippen LogP contribution in [0.25, 0.3) is 0 Å². The molecule has 1 heterocycles. The fourth-order valence-electron chi connectivity index (χ4n) is 2.20. The van der Waals surface area contributed by atoms with Gasteiger partial charge in [0, 0.05) is 12.6 Å². The first-order chi connectivity index (χ1) is 8.79. The zero-order chi connectivity index (χ0) is 14.2. The minimum atomic E-state index is -4.28. The third-order valence-electron chi connectivity index (χ3n) is 3.29. The molecule has 1 nitrogen and oxygen atoms in total. The SMILES string of the molecule is Fc1cc(C2CCC(C(F)(F)F)CN2)cc(F)c1F. The number of rotatable bonds is 1. The van der Waals surface area contributed by atoms with Crippen LogP contribution in [0.2, 0.25) is 0 Å². The van der Waals surface area contributed by atoms with Gasteiger partial charge in [-0.3, -0.25) is 0 Å². The van der Waals surface area contributed by atoms with Crippen molar-refractivity contribution < 1.29 is 26.3 Å². The van der Waals surface area contributed by atoms with Crippen LogP contribution in [0.3, 0.4) is 0 Å². The van der Waals surface area contributed by atoms with Gasteiger partial charge in [-0.2, -0.15) is 13.2 Å². The summed E-state index contributed by atoms with van der Waals surface area (Å²) in [5.74, 6) is -5.71. The summed E-state index contributed by atoms with van der Waals surface area (Å²) in [6.07, 6.45) is -4.31. The van der Waals surface area contributed by atoms with Crippen molar-refractivity contribution >= 4 is 0 Å². The molecule has 7 heteroatoms. The third kappa shape index (κ3) is 3.02. The minimum absolute atomic E-state index is 0.0920. The second-order valence-electron chi connectivity index (χ2n) is 4.58. The normalized spacial score (nSPS) is 24.5. The molecule has 1 aromatic carbocycles. The summed E-state index contributed by atoms with van der Waals surface area (Å²) < 4.78 is 76.2. The van der Waals surface area contributed by atoms with Gasteiger partial charge in [-0.25, -0.2) is 13.2 Å². The Labute approximate surface area is 105 Å². The Morgan fingerprint density at radius 2 is 1.58 bits per heavy atom. The van der Waals surface area contributed by atoms with Crippen LogP contribution in [0.15, 0.2) is 12.1 Å². The Hall–Kier alpha value is -1.24. The smallest absolute Gasteiger partial charge is 0.309 e. The van der Waals surface area contributed by atoms with Crippen molar-refractivity contribution in [1.29, 1.82) is 0 Å². The lowest BCUT2D eigenvalue weighted by molar-refractivity contribution is -0.179. The molecule has 2 unspecified atom stereocenters. The van der Waals surface area contributed by atoms with Gasteiger partial charge in [-0.1, -0.05) is 0 Å². The first-order valence-corrected chi connectivity index (χ1v) is 5.73. The summed E-state index contributed by atoms with van der Waals surface area (Å²) in [5, 5.41) is 2.59. The summed E-state index contributed by atoms with van der Waals surface area (Å²) >= 11 is 0. The van der Waals surface area contributed by atoms with E-state index in [1.165, 1.54) is 0 Å². The van der Waals surface area contributed by atoms with Crippen LogP contribution in [0.1, 0.15) is 24.4 Å². The molecule has 106 valence electrons. The maximum atomic E-state index is 13.0. The quantitative estimate of drug-likeness (QED) is 0.612. The van der Waals surface area contributed by atoms with Gasteiger partial charge in [0.2, 0.25) is 0 Å². The van der Waals surface area contributed by atoms with Gasteiger partial charge < -0.3 is 5.32 Å². The van der Waals surface area contributed by atoms with Crippen LogP contribution >= 0.6 is 0 Å². The lowest BCUT2D eigenvalue weighted by Crippen LogP contribution is -2.40. The first kappa shape index (κ1) is 14.2. The average Bonchev–Trinajstić information content (AvgIpc) is 2.34. The maximum absolute atomic E-state index is 13.0. The average molecular weight is 283 g/mol.